The van der Waals surface area contributed by atoms with Crippen LogP contribution in [0.4, 0.5) is 5.95 Å². The Morgan fingerprint density at radius 2 is 2.00 bits per heavy atom. The number of nitrogens with one attached hydrogen (secondary N) is 1. The number of aromatic nitrogens is 2. The van der Waals surface area contributed by atoms with Crippen LogP contribution in [-0.2, 0) is 4.74 Å². The molecule has 2 unspecified atom stereocenters. The molecule has 1 N–H and O–H groups in total. The summed E-state index contributed by atoms with van der Waals surface area (Å²) in [5.41, 5.74) is 1.22. The Labute approximate surface area is 96.4 Å². The standard InChI is InChI=1S/C12H19N3O/c1-8-6-13-11(14-7-8)15-9-5-10(16-4)12(9,2)3/h6-7,9-10H,5H2,1-4H3,(H,13,14,15). The molecule has 4 heteroatoms. The lowest BCUT2D eigenvalue weighted by Gasteiger charge is -2.51. The normalized spacial score (nSPS) is 27.2. The van der Waals surface area contributed by atoms with Gasteiger partial charge in [-0.3, -0.25) is 0 Å². The lowest BCUT2D eigenvalue weighted by molar-refractivity contribution is -0.0796. The molecule has 1 fully saturated rings. The Balaban J connectivity index is 1.99. The first kappa shape index (κ1) is 11.3. The third kappa shape index (κ3) is 1.89. The van der Waals surface area contributed by atoms with E-state index in [1.807, 2.05) is 19.3 Å². The van der Waals surface area contributed by atoms with Crippen LogP contribution >= 0.6 is 0 Å². The topological polar surface area (TPSA) is 47.0 Å². The van der Waals surface area contributed by atoms with Gasteiger partial charge in [-0.25, -0.2) is 9.97 Å². The molecule has 16 heavy (non-hydrogen) atoms. The number of anilines is 1. The summed E-state index contributed by atoms with van der Waals surface area (Å²) in [6.45, 7) is 6.39. The van der Waals surface area contributed by atoms with Crippen LogP contribution in [0, 0.1) is 12.3 Å². The molecule has 1 aliphatic rings. The van der Waals surface area contributed by atoms with Crippen molar-refractivity contribution in [3.63, 3.8) is 0 Å². The largest absolute Gasteiger partial charge is 0.381 e. The lowest BCUT2D eigenvalue weighted by atomic mass is 9.64. The molecule has 2 atom stereocenters. The Morgan fingerprint density at radius 3 is 2.50 bits per heavy atom. The van der Waals surface area contributed by atoms with E-state index in [0.717, 1.165) is 12.0 Å². The smallest absolute Gasteiger partial charge is 0.222 e. The fourth-order valence-electron chi connectivity index (χ4n) is 2.15. The van der Waals surface area contributed by atoms with E-state index in [2.05, 4.69) is 29.1 Å². The lowest BCUT2D eigenvalue weighted by Crippen LogP contribution is -2.57. The van der Waals surface area contributed by atoms with Gasteiger partial charge >= 0.3 is 0 Å². The van der Waals surface area contributed by atoms with Gasteiger partial charge in [0.1, 0.15) is 0 Å². The summed E-state index contributed by atoms with van der Waals surface area (Å²) in [5.74, 6) is 0.707. The van der Waals surface area contributed by atoms with Crippen LogP contribution in [0.3, 0.4) is 0 Å². The maximum atomic E-state index is 5.41. The van der Waals surface area contributed by atoms with E-state index < -0.39 is 0 Å². The third-order valence-corrected chi connectivity index (χ3v) is 3.55. The quantitative estimate of drug-likeness (QED) is 0.848. The first-order valence-corrected chi connectivity index (χ1v) is 5.62. The molecule has 88 valence electrons. The molecular formula is C12H19N3O. The Kier molecular flexibility index (Phi) is 2.84. The summed E-state index contributed by atoms with van der Waals surface area (Å²) in [6, 6.07) is 0.389. The molecule has 4 nitrogen and oxygen atoms in total. The van der Waals surface area contributed by atoms with Gasteiger partial charge in [0.25, 0.3) is 0 Å². The van der Waals surface area contributed by atoms with E-state index in [0.29, 0.717) is 18.1 Å². The van der Waals surface area contributed by atoms with Crippen molar-refractivity contribution in [2.45, 2.75) is 39.3 Å². The molecule has 1 aliphatic carbocycles. The molecule has 1 saturated carbocycles. The van der Waals surface area contributed by atoms with Crippen LogP contribution in [0.2, 0.25) is 0 Å². The second-order valence-corrected chi connectivity index (χ2v) is 5.06. The maximum Gasteiger partial charge on any atom is 0.222 e. The Bertz CT molecular complexity index is 361. The van der Waals surface area contributed by atoms with Crippen molar-refractivity contribution in [2.24, 2.45) is 5.41 Å². The van der Waals surface area contributed by atoms with E-state index in [1.54, 1.807) is 7.11 Å². The molecule has 1 aromatic heterocycles. The van der Waals surface area contributed by atoms with E-state index in [1.165, 1.54) is 0 Å². The zero-order valence-electron chi connectivity index (χ0n) is 10.3. The summed E-state index contributed by atoms with van der Waals surface area (Å²) in [6.07, 6.45) is 5.00. The summed E-state index contributed by atoms with van der Waals surface area (Å²) in [4.78, 5) is 8.51. The number of ether oxygens (including phenoxy) is 1. The highest BCUT2D eigenvalue weighted by molar-refractivity contribution is 5.29. The highest BCUT2D eigenvalue weighted by Gasteiger charge is 2.48. The van der Waals surface area contributed by atoms with E-state index in [4.69, 9.17) is 4.74 Å². The molecular weight excluding hydrogens is 202 g/mol. The molecule has 0 radical (unpaired) electrons. The molecule has 0 spiro atoms. The molecule has 1 heterocycles. The van der Waals surface area contributed by atoms with Gasteiger partial charge in [-0.15, -0.1) is 0 Å². The molecule has 1 aromatic rings. The fraction of sp³-hybridized carbons (Fsp3) is 0.667. The van der Waals surface area contributed by atoms with Gasteiger partial charge in [0.15, 0.2) is 0 Å². The summed E-state index contributed by atoms with van der Waals surface area (Å²) >= 11 is 0. The van der Waals surface area contributed by atoms with Gasteiger partial charge in [0, 0.05) is 31.0 Å². The highest BCUT2D eigenvalue weighted by atomic mass is 16.5. The van der Waals surface area contributed by atoms with Gasteiger partial charge in [-0.2, -0.15) is 0 Å². The molecule has 0 amide bonds. The maximum absolute atomic E-state index is 5.41. The van der Waals surface area contributed by atoms with Gasteiger partial charge in [0.05, 0.1) is 6.10 Å². The zero-order chi connectivity index (χ0) is 11.8. The second kappa shape index (κ2) is 4.01. The first-order chi connectivity index (χ1) is 7.54. The number of hydrogen-bond acceptors (Lipinski definition) is 4. The minimum absolute atomic E-state index is 0.142. The fourth-order valence-corrected chi connectivity index (χ4v) is 2.15. The average Bonchev–Trinajstić information content (AvgIpc) is 2.26. The number of hydrogen-bond donors (Lipinski definition) is 1. The molecule has 0 aliphatic heterocycles. The number of rotatable bonds is 3. The summed E-state index contributed by atoms with van der Waals surface area (Å²) in [7, 11) is 1.77. The van der Waals surface area contributed by atoms with Crippen molar-refractivity contribution in [3.05, 3.63) is 18.0 Å². The minimum atomic E-state index is 0.142. The first-order valence-electron chi connectivity index (χ1n) is 5.62. The van der Waals surface area contributed by atoms with Crippen molar-refractivity contribution in [1.82, 2.24) is 9.97 Å². The Hall–Kier alpha value is -1.16. The SMILES string of the molecule is COC1CC(Nc2ncc(C)cn2)C1(C)C. The van der Waals surface area contributed by atoms with E-state index in [-0.39, 0.29) is 5.41 Å². The zero-order valence-corrected chi connectivity index (χ0v) is 10.3. The van der Waals surface area contributed by atoms with Crippen molar-refractivity contribution in [3.8, 4) is 0 Å². The van der Waals surface area contributed by atoms with Crippen molar-refractivity contribution in [2.75, 3.05) is 12.4 Å². The number of aryl methyl sites for hydroxylation is 1. The van der Waals surface area contributed by atoms with Crippen LogP contribution in [0.1, 0.15) is 25.8 Å². The molecule has 0 aromatic carbocycles. The highest BCUT2D eigenvalue weighted by Crippen LogP contribution is 2.43. The van der Waals surface area contributed by atoms with E-state index >= 15 is 0 Å². The van der Waals surface area contributed by atoms with Crippen LogP contribution in [0.5, 0.6) is 0 Å². The van der Waals surface area contributed by atoms with Crippen LogP contribution in [-0.4, -0.2) is 29.2 Å². The Morgan fingerprint density at radius 1 is 1.38 bits per heavy atom. The summed E-state index contributed by atoms with van der Waals surface area (Å²) in [5, 5.41) is 3.36. The average molecular weight is 221 g/mol. The van der Waals surface area contributed by atoms with E-state index in [9.17, 15) is 0 Å². The predicted octanol–water partition coefficient (Wildman–Crippen LogP) is 2.01. The van der Waals surface area contributed by atoms with Crippen LogP contribution < -0.4 is 5.32 Å². The predicted molar refractivity (Wildman–Crippen MR) is 63.4 cm³/mol. The minimum Gasteiger partial charge on any atom is -0.381 e. The van der Waals surface area contributed by atoms with Crippen LogP contribution in [0.25, 0.3) is 0 Å². The van der Waals surface area contributed by atoms with Crippen molar-refractivity contribution in [1.29, 1.82) is 0 Å². The molecule has 0 bridgehead atoms. The van der Waals surface area contributed by atoms with Gasteiger partial charge in [-0.05, 0) is 18.9 Å². The van der Waals surface area contributed by atoms with Gasteiger partial charge in [0.2, 0.25) is 5.95 Å². The monoisotopic (exact) mass is 221 g/mol. The number of methoxy groups -OCH3 is 1. The molecule has 2 rings (SSSR count). The molecule has 0 saturated heterocycles. The van der Waals surface area contributed by atoms with Crippen molar-refractivity contribution >= 4 is 5.95 Å². The number of nitrogens with zero attached hydrogens (tertiary/aromatic N) is 2. The second-order valence-electron chi connectivity index (χ2n) is 5.06. The summed E-state index contributed by atoms with van der Waals surface area (Å²) < 4.78 is 5.41. The van der Waals surface area contributed by atoms with Crippen molar-refractivity contribution < 1.29 is 4.74 Å². The van der Waals surface area contributed by atoms with Crippen LogP contribution in [0.15, 0.2) is 12.4 Å². The third-order valence-electron chi connectivity index (χ3n) is 3.55. The van der Waals surface area contributed by atoms with Gasteiger partial charge < -0.3 is 10.1 Å². The van der Waals surface area contributed by atoms with Gasteiger partial charge in [-0.1, -0.05) is 13.8 Å².